The van der Waals surface area contributed by atoms with Gasteiger partial charge in [0.05, 0.1) is 7.11 Å². The number of methoxy groups -OCH3 is 1. The summed E-state index contributed by atoms with van der Waals surface area (Å²) < 4.78 is 5.42. The van der Waals surface area contributed by atoms with E-state index in [4.69, 9.17) is 4.74 Å². The summed E-state index contributed by atoms with van der Waals surface area (Å²) in [4.78, 5) is 2.11. The van der Waals surface area contributed by atoms with Crippen LogP contribution in [-0.2, 0) is 0 Å². The lowest BCUT2D eigenvalue weighted by atomic mass is 10.0. The highest BCUT2D eigenvalue weighted by Crippen LogP contribution is 2.35. The van der Waals surface area contributed by atoms with E-state index in [2.05, 4.69) is 29.2 Å². The second-order valence-corrected chi connectivity index (χ2v) is 4.11. The van der Waals surface area contributed by atoms with Crippen LogP contribution in [-0.4, -0.2) is 21.2 Å². The van der Waals surface area contributed by atoms with Gasteiger partial charge < -0.3 is 9.64 Å². The second kappa shape index (κ2) is 4.91. The van der Waals surface area contributed by atoms with E-state index in [0.29, 0.717) is 0 Å². The molecule has 0 saturated carbocycles. The first-order valence-corrected chi connectivity index (χ1v) is 5.64. The molecule has 0 aliphatic carbocycles. The third-order valence-corrected chi connectivity index (χ3v) is 2.78. The molecule has 0 spiro atoms. The summed E-state index contributed by atoms with van der Waals surface area (Å²) in [6.07, 6.45) is 0. The van der Waals surface area contributed by atoms with Crippen molar-refractivity contribution in [1.82, 2.24) is 0 Å². The van der Waals surface area contributed by atoms with Gasteiger partial charge in [-0.1, -0.05) is 36.4 Å². The zero-order valence-electron chi connectivity index (χ0n) is 10.5. The van der Waals surface area contributed by atoms with Gasteiger partial charge >= 0.3 is 0 Å². The maximum Gasteiger partial charge on any atom is 0.126 e. The molecule has 0 fully saturated rings. The lowest BCUT2D eigenvalue weighted by molar-refractivity contribution is 0.416. The smallest absolute Gasteiger partial charge is 0.126 e. The van der Waals surface area contributed by atoms with Gasteiger partial charge in [0.2, 0.25) is 0 Å². The number of para-hydroxylation sites is 2. The number of rotatable bonds is 3. The number of ether oxygens (including phenoxy) is 1. The van der Waals surface area contributed by atoms with Gasteiger partial charge in [0.15, 0.2) is 0 Å². The van der Waals surface area contributed by atoms with Crippen molar-refractivity contribution < 1.29 is 4.74 Å². The van der Waals surface area contributed by atoms with Crippen molar-refractivity contribution >= 4 is 5.69 Å². The molecule has 0 unspecified atom stereocenters. The molecule has 2 heteroatoms. The van der Waals surface area contributed by atoms with Crippen molar-refractivity contribution in [3.8, 4) is 16.9 Å². The summed E-state index contributed by atoms with van der Waals surface area (Å²) in [6.45, 7) is 0. The summed E-state index contributed by atoms with van der Waals surface area (Å²) in [6, 6.07) is 16.4. The first-order valence-electron chi connectivity index (χ1n) is 5.64. The molecule has 0 atom stereocenters. The second-order valence-electron chi connectivity index (χ2n) is 4.11. The van der Waals surface area contributed by atoms with E-state index >= 15 is 0 Å². The van der Waals surface area contributed by atoms with Gasteiger partial charge in [-0.3, -0.25) is 0 Å². The fourth-order valence-electron chi connectivity index (χ4n) is 1.96. The molecule has 0 heterocycles. The molecular formula is C15H17NO. The van der Waals surface area contributed by atoms with Crippen molar-refractivity contribution in [3.05, 3.63) is 48.5 Å². The van der Waals surface area contributed by atoms with Crippen molar-refractivity contribution in [2.45, 2.75) is 0 Å². The van der Waals surface area contributed by atoms with Crippen LogP contribution < -0.4 is 9.64 Å². The zero-order chi connectivity index (χ0) is 12.3. The van der Waals surface area contributed by atoms with Crippen LogP contribution in [0.3, 0.4) is 0 Å². The summed E-state index contributed by atoms with van der Waals surface area (Å²) >= 11 is 0. The molecule has 2 aromatic carbocycles. The number of hydrogen-bond acceptors (Lipinski definition) is 2. The Labute approximate surface area is 102 Å². The van der Waals surface area contributed by atoms with Crippen LogP contribution in [0.25, 0.3) is 11.1 Å². The Bertz CT molecular complexity index is 506. The van der Waals surface area contributed by atoms with E-state index in [-0.39, 0.29) is 0 Å². The average molecular weight is 227 g/mol. The molecule has 0 bridgehead atoms. The van der Waals surface area contributed by atoms with Crippen molar-refractivity contribution in [2.24, 2.45) is 0 Å². The Hall–Kier alpha value is -1.96. The van der Waals surface area contributed by atoms with Crippen LogP contribution in [0.15, 0.2) is 48.5 Å². The van der Waals surface area contributed by atoms with E-state index in [1.165, 1.54) is 11.3 Å². The number of nitrogens with zero attached hydrogens (tertiary/aromatic N) is 1. The summed E-state index contributed by atoms with van der Waals surface area (Å²) in [7, 11) is 5.81. The first kappa shape index (κ1) is 11.5. The van der Waals surface area contributed by atoms with Gasteiger partial charge in [-0.05, 0) is 12.1 Å². The third-order valence-electron chi connectivity index (χ3n) is 2.78. The van der Waals surface area contributed by atoms with Crippen molar-refractivity contribution in [1.29, 1.82) is 0 Å². The zero-order valence-corrected chi connectivity index (χ0v) is 10.5. The molecule has 0 amide bonds. The topological polar surface area (TPSA) is 12.5 Å². The highest BCUT2D eigenvalue weighted by Gasteiger charge is 2.09. The molecule has 2 nitrogen and oxygen atoms in total. The first-order chi connectivity index (χ1) is 8.24. The van der Waals surface area contributed by atoms with E-state index in [0.717, 1.165) is 11.3 Å². The van der Waals surface area contributed by atoms with E-state index < -0.39 is 0 Å². The van der Waals surface area contributed by atoms with Gasteiger partial charge in [0.25, 0.3) is 0 Å². The van der Waals surface area contributed by atoms with Gasteiger partial charge in [0, 0.05) is 30.9 Å². The minimum Gasteiger partial charge on any atom is -0.496 e. The lowest BCUT2D eigenvalue weighted by Gasteiger charge is -2.18. The molecule has 0 aliphatic heterocycles. The lowest BCUT2D eigenvalue weighted by Crippen LogP contribution is -2.09. The Morgan fingerprint density at radius 2 is 1.41 bits per heavy atom. The SMILES string of the molecule is COc1ccccc1-c1ccccc1N(C)C. The van der Waals surface area contributed by atoms with E-state index in [9.17, 15) is 0 Å². The third kappa shape index (κ3) is 2.26. The maximum atomic E-state index is 5.42. The minimum atomic E-state index is 0.904. The molecule has 0 saturated heterocycles. The Kier molecular flexibility index (Phi) is 3.33. The predicted molar refractivity (Wildman–Crippen MR) is 72.8 cm³/mol. The minimum absolute atomic E-state index is 0.904. The van der Waals surface area contributed by atoms with Crippen molar-refractivity contribution in [3.63, 3.8) is 0 Å². The van der Waals surface area contributed by atoms with Gasteiger partial charge in [0.1, 0.15) is 5.75 Å². The Morgan fingerprint density at radius 1 is 0.824 bits per heavy atom. The van der Waals surface area contributed by atoms with E-state index in [1.807, 2.05) is 38.4 Å². The Balaban J connectivity index is 2.60. The molecule has 0 aliphatic rings. The Morgan fingerprint density at radius 3 is 2.06 bits per heavy atom. The monoisotopic (exact) mass is 227 g/mol. The molecule has 2 aromatic rings. The number of benzene rings is 2. The summed E-state index contributed by atoms with van der Waals surface area (Å²) in [5, 5.41) is 0. The van der Waals surface area contributed by atoms with Crippen LogP contribution in [0.2, 0.25) is 0 Å². The highest BCUT2D eigenvalue weighted by molar-refractivity contribution is 5.82. The standard InChI is InChI=1S/C15H17NO/c1-16(2)14-10-6-4-8-12(14)13-9-5-7-11-15(13)17-3/h4-11H,1-3H3. The van der Waals surface area contributed by atoms with Crippen LogP contribution in [0.5, 0.6) is 5.75 Å². The van der Waals surface area contributed by atoms with Crippen molar-refractivity contribution in [2.75, 3.05) is 26.1 Å². The highest BCUT2D eigenvalue weighted by atomic mass is 16.5. The van der Waals surface area contributed by atoms with Crippen LogP contribution >= 0.6 is 0 Å². The van der Waals surface area contributed by atoms with Crippen LogP contribution in [0, 0.1) is 0 Å². The molecule has 2 rings (SSSR count). The van der Waals surface area contributed by atoms with Gasteiger partial charge in [-0.25, -0.2) is 0 Å². The number of hydrogen-bond donors (Lipinski definition) is 0. The molecule has 0 radical (unpaired) electrons. The fourth-order valence-corrected chi connectivity index (χ4v) is 1.96. The maximum absolute atomic E-state index is 5.42. The number of anilines is 1. The fraction of sp³-hybridized carbons (Fsp3) is 0.200. The van der Waals surface area contributed by atoms with Crippen LogP contribution in [0.4, 0.5) is 5.69 Å². The normalized spacial score (nSPS) is 10.1. The van der Waals surface area contributed by atoms with Gasteiger partial charge in [-0.2, -0.15) is 0 Å². The summed E-state index contributed by atoms with van der Waals surface area (Å²) in [5.41, 5.74) is 3.51. The van der Waals surface area contributed by atoms with E-state index in [1.54, 1.807) is 7.11 Å². The molecular weight excluding hydrogens is 210 g/mol. The predicted octanol–water partition coefficient (Wildman–Crippen LogP) is 3.43. The molecule has 0 N–H and O–H groups in total. The van der Waals surface area contributed by atoms with Gasteiger partial charge in [-0.15, -0.1) is 0 Å². The molecule has 88 valence electrons. The molecule has 0 aromatic heterocycles. The van der Waals surface area contributed by atoms with Crippen LogP contribution in [0.1, 0.15) is 0 Å². The largest absolute Gasteiger partial charge is 0.496 e. The molecule has 17 heavy (non-hydrogen) atoms. The summed E-state index contributed by atoms with van der Waals surface area (Å²) in [5.74, 6) is 0.904. The quantitative estimate of drug-likeness (QED) is 0.796. The average Bonchev–Trinajstić information content (AvgIpc) is 2.38.